The summed E-state index contributed by atoms with van der Waals surface area (Å²) in [5.74, 6) is 3.33. The van der Waals surface area contributed by atoms with Crippen LogP contribution in [0.15, 0.2) is 36.6 Å². The molecule has 0 aliphatic carbocycles. The number of ether oxygens (including phenoxy) is 4. The molecule has 212 valence electrons. The Morgan fingerprint density at radius 2 is 1.63 bits per heavy atom. The Balaban J connectivity index is 2.66. The molecule has 0 N–H and O–H groups in total. The van der Waals surface area contributed by atoms with Gasteiger partial charge in [0.15, 0.2) is 0 Å². The van der Waals surface area contributed by atoms with Crippen molar-refractivity contribution in [3.05, 3.63) is 47.6 Å². The molecule has 0 radical (unpaired) electrons. The molecule has 0 amide bonds. The van der Waals surface area contributed by atoms with Gasteiger partial charge in [-0.25, -0.2) is 4.68 Å². The minimum absolute atomic E-state index is 0.180. The zero-order valence-corrected chi connectivity index (χ0v) is 25.0. The van der Waals surface area contributed by atoms with E-state index in [1.165, 1.54) is 0 Å². The fourth-order valence-corrected chi connectivity index (χ4v) is 9.95. The van der Waals surface area contributed by atoms with Crippen molar-refractivity contribution in [1.82, 2.24) is 15.0 Å². The Bertz CT molecular complexity index is 912. The van der Waals surface area contributed by atoms with E-state index in [4.69, 9.17) is 24.5 Å². The number of rotatable bonds is 20. The minimum Gasteiger partial charge on any atom is -0.372 e. The van der Waals surface area contributed by atoms with Gasteiger partial charge in [0.25, 0.3) is 0 Å². The summed E-state index contributed by atoms with van der Waals surface area (Å²) in [7, 11) is -1.77. The lowest BCUT2D eigenvalue weighted by Gasteiger charge is -2.38. The van der Waals surface area contributed by atoms with Gasteiger partial charge in [-0.3, -0.25) is 0 Å². The molecule has 0 aliphatic heterocycles. The molecule has 1 rings (SSSR count). The van der Waals surface area contributed by atoms with Crippen molar-refractivity contribution in [3.63, 3.8) is 0 Å². The SMILES string of the molecule is C=CCO[C@H](COCC#C[Si](C(C)C)(C(C)C)C(C)C)Cn1cc(COC[C@H](CN=[N+]=[N-])OCC=C)nn1. The second-order valence-corrected chi connectivity index (χ2v) is 15.6. The quantitative estimate of drug-likeness (QED) is 0.0406. The normalized spacial score (nSPS) is 13.2. The Morgan fingerprint density at radius 3 is 2.21 bits per heavy atom. The van der Waals surface area contributed by atoms with Crippen molar-refractivity contribution < 1.29 is 18.9 Å². The van der Waals surface area contributed by atoms with E-state index in [-0.39, 0.29) is 32.0 Å². The molecule has 11 heteroatoms. The predicted octanol–water partition coefficient (Wildman–Crippen LogP) is 5.49. The van der Waals surface area contributed by atoms with Crippen LogP contribution in [-0.2, 0) is 32.1 Å². The van der Waals surface area contributed by atoms with Crippen LogP contribution in [0.5, 0.6) is 0 Å². The zero-order valence-electron chi connectivity index (χ0n) is 24.0. The molecule has 0 unspecified atom stereocenters. The minimum atomic E-state index is -1.77. The van der Waals surface area contributed by atoms with Crippen LogP contribution in [0.3, 0.4) is 0 Å². The third-order valence-electron chi connectivity index (χ3n) is 6.43. The van der Waals surface area contributed by atoms with E-state index in [0.29, 0.717) is 55.3 Å². The molecule has 1 heterocycles. The first-order valence-corrected chi connectivity index (χ1v) is 15.4. The summed E-state index contributed by atoms with van der Waals surface area (Å²) >= 11 is 0. The molecule has 0 saturated heterocycles. The van der Waals surface area contributed by atoms with Crippen molar-refractivity contribution in [3.8, 4) is 11.5 Å². The third kappa shape index (κ3) is 11.5. The number of hydrogen-bond donors (Lipinski definition) is 0. The maximum atomic E-state index is 8.54. The summed E-state index contributed by atoms with van der Waals surface area (Å²) < 4.78 is 24.7. The van der Waals surface area contributed by atoms with Gasteiger partial charge in [-0.05, 0) is 22.2 Å². The van der Waals surface area contributed by atoms with Crippen LogP contribution in [0.25, 0.3) is 10.4 Å². The number of azide groups is 1. The fraction of sp³-hybridized carbons (Fsp3) is 0.704. The van der Waals surface area contributed by atoms with Gasteiger partial charge >= 0.3 is 0 Å². The van der Waals surface area contributed by atoms with Crippen LogP contribution in [-0.4, -0.2) is 74.9 Å². The summed E-state index contributed by atoms with van der Waals surface area (Å²) in [5.41, 5.74) is 14.6. The zero-order chi connectivity index (χ0) is 28.4. The van der Waals surface area contributed by atoms with Gasteiger partial charge < -0.3 is 18.9 Å². The highest BCUT2D eigenvalue weighted by Gasteiger charge is 2.41. The summed E-state index contributed by atoms with van der Waals surface area (Å²) in [6.07, 6.45) is 4.57. The predicted molar refractivity (Wildman–Crippen MR) is 153 cm³/mol. The van der Waals surface area contributed by atoms with Gasteiger partial charge in [-0.15, -0.1) is 23.8 Å². The van der Waals surface area contributed by atoms with Crippen LogP contribution in [0, 0.1) is 11.5 Å². The van der Waals surface area contributed by atoms with E-state index >= 15 is 0 Å². The van der Waals surface area contributed by atoms with Crippen LogP contribution < -0.4 is 0 Å². The van der Waals surface area contributed by atoms with E-state index in [0.717, 1.165) is 0 Å². The lowest BCUT2D eigenvalue weighted by Crippen LogP contribution is -2.43. The van der Waals surface area contributed by atoms with E-state index < -0.39 is 8.07 Å². The van der Waals surface area contributed by atoms with E-state index in [1.54, 1.807) is 16.8 Å². The Hall–Kier alpha value is -2.45. The van der Waals surface area contributed by atoms with E-state index in [9.17, 15) is 0 Å². The average Bonchev–Trinajstić information content (AvgIpc) is 3.32. The van der Waals surface area contributed by atoms with Gasteiger partial charge in [0, 0.05) is 4.91 Å². The molecule has 38 heavy (non-hydrogen) atoms. The Labute approximate surface area is 229 Å². The highest BCUT2D eigenvalue weighted by Crippen LogP contribution is 2.40. The molecule has 1 aromatic heterocycles. The standard InChI is InChI=1S/C27H46N6O4Si/c1-9-12-36-26(16-29-31-28)20-35-19-25-17-33(32-30-25)18-27(37-13-10-2)21-34-14-11-15-38(22(3)4,23(5)6)24(7)8/h9-10,17,22-24,26-27H,1-2,12-14,16,18-21H2,3-8H3/t26-,27-/m0/s1. The number of aromatic nitrogens is 3. The topological polar surface area (TPSA) is 116 Å². The molecule has 1 aromatic rings. The molecule has 0 aromatic carbocycles. The summed E-state index contributed by atoms with van der Waals surface area (Å²) in [6, 6.07) is 0. The van der Waals surface area contributed by atoms with Crippen LogP contribution in [0.4, 0.5) is 0 Å². The lowest BCUT2D eigenvalue weighted by atomic mass is 10.3. The first-order chi connectivity index (χ1) is 18.2. The smallest absolute Gasteiger partial charge is 0.146 e. The van der Waals surface area contributed by atoms with Gasteiger partial charge in [0.2, 0.25) is 0 Å². The maximum Gasteiger partial charge on any atom is 0.146 e. The van der Waals surface area contributed by atoms with Crippen molar-refractivity contribution in [2.24, 2.45) is 5.11 Å². The average molecular weight is 547 g/mol. The molecule has 0 saturated carbocycles. The summed E-state index contributed by atoms with van der Waals surface area (Å²) in [4.78, 5) is 2.77. The molecular formula is C27H46N6O4Si. The van der Waals surface area contributed by atoms with Crippen LogP contribution >= 0.6 is 0 Å². The van der Waals surface area contributed by atoms with Gasteiger partial charge in [0.05, 0.1) is 58.4 Å². The molecule has 0 aliphatic rings. The number of hydrogen-bond acceptors (Lipinski definition) is 7. The monoisotopic (exact) mass is 546 g/mol. The van der Waals surface area contributed by atoms with Crippen molar-refractivity contribution in [1.29, 1.82) is 0 Å². The first-order valence-electron chi connectivity index (χ1n) is 13.2. The largest absolute Gasteiger partial charge is 0.372 e. The van der Waals surface area contributed by atoms with E-state index in [2.05, 4.69) is 86.5 Å². The highest BCUT2D eigenvalue weighted by atomic mass is 28.3. The molecule has 0 fully saturated rings. The second-order valence-electron chi connectivity index (χ2n) is 10.1. The molecule has 2 atom stereocenters. The van der Waals surface area contributed by atoms with E-state index in [1.807, 2.05) is 6.20 Å². The Kier molecular flexibility index (Phi) is 16.6. The van der Waals surface area contributed by atoms with Crippen LogP contribution in [0.1, 0.15) is 47.2 Å². The van der Waals surface area contributed by atoms with Crippen molar-refractivity contribution >= 4 is 8.07 Å². The second kappa shape index (κ2) is 18.7. The first kappa shape index (κ1) is 33.6. The molecular weight excluding hydrogens is 500 g/mol. The Morgan fingerprint density at radius 1 is 1.03 bits per heavy atom. The van der Waals surface area contributed by atoms with Crippen molar-refractivity contribution in [2.45, 2.75) is 83.5 Å². The third-order valence-corrected chi connectivity index (χ3v) is 12.8. The molecule has 0 spiro atoms. The van der Waals surface area contributed by atoms with Crippen LogP contribution in [0.2, 0.25) is 16.6 Å². The van der Waals surface area contributed by atoms with Gasteiger partial charge in [0.1, 0.15) is 26.5 Å². The van der Waals surface area contributed by atoms with Gasteiger partial charge in [-0.1, -0.05) is 69.9 Å². The lowest BCUT2D eigenvalue weighted by molar-refractivity contribution is -0.00816. The maximum absolute atomic E-state index is 8.54. The highest BCUT2D eigenvalue weighted by molar-refractivity contribution is 6.90. The summed E-state index contributed by atoms with van der Waals surface area (Å²) in [6.45, 7) is 23.8. The molecule has 0 bridgehead atoms. The summed E-state index contributed by atoms with van der Waals surface area (Å²) in [5, 5.41) is 11.9. The molecule has 10 nitrogen and oxygen atoms in total. The van der Waals surface area contributed by atoms with Gasteiger partial charge in [-0.2, -0.15) is 0 Å². The fourth-order valence-electron chi connectivity index (χ4n) is 4.70. The van der Waals surface area contributed by atoms with Crippen molar-refractivity contribution in [2.75, 3.05) is 39.6 Å². The number of nitrogens with zero attached hydrogens (tertiary/aromatic N) is 6.